The number of allylic oxidation sites excluding steroid dienone is 4. The van der Waals surface area contributed by atoms with Crippen LogP contribution in [0, 0.1) is 5.92 Å². The van der Waals surface area contributed by atoms with Crippen LogP contribution in [0.2, 0.25) is 0 Å². The number of fused-ring (bicyclic) bond motifs is 5. The standard InChI is InChI=1S/C26H22O2.C6H7N/c27-26(17-28-21-7-2-1-3-8-21)20-11-10-19-13-14-23-22-9-5-4-6-18(22)12-15-24(23)25(19)16-20;1-2-4-6-7-5-3-1/h1-9,13-16,20H,10-12,17H2;1-7H. The van der Waals surface area contributed by atoms with Crippen LogP contribution >= 0.6 is 0 Å². The third-order valence-electron chi connectivity index (χ3n) is 6.56. The Kier molecular flexibility index (Phi) is 7.05. The summed E-state index contributed by atoms with van der Waals surface area (Å²) in [6, 6.07) is 22.6. The Morgan fingerprint density at radius 1 is 0.800 bits per heavy atom. The number of ether oxygens (including phenoxy) is 1. The van der Waals surface area contributed by atoms with Gasteiger partial charge in [0, 0.05) is 18.3 Å². The van der Waals surface area contributed by atoms with Crippen LogP contribution in [0.4, 0.5) is 0 Å². The van der Waals surface area contributed by atoms with E-state index < -0.39 is 0 Å². The minimum Gasteiger partial charge on any atom is -0.486 e. The summed E-state index contributed by atoms with van der Waals surface area (Å²) in [5.74, 6) is 0.825. The fraction of sp³-hybridized carbons (Fsp3) is 0.156. The van der Waals surface area contributed by atoms with Crippen molar-refractivity contribution in [1.82, 2.24) is 5.32 Å². The van der Waals surface area contributed by atoms with Gasteiger partial charge in [-0.3, -0.25) is 4.79 Å². The Bertz CT molecular complexity index is 1400. The third-order valence-corrected chi connectivity index (χ3v) is 6.56. The van der Waals surface area contributed by atoms with Gasteiger partial charge in [0.15, 0.2) is 5.78 Å². The largest absolute Gasteiger partial charge is 0.486 e. The monoisotopic (exact) mass is 459 g/mol. The zero-order valence-electron chi connectivity index (χ0n) is 19.7. The van der Waals surface area contributed by atoms with Crippen LogP contribution in [0.15, 0.2) is 103 Å². The molecular formula is C32H29NO2. The van der Waals surface area contributed by atoms with Gasteiger partial charge in [0.25, 0.3) is 0 Å². The Balaban J connectivity index is 0.000000313. The number of benzene rings is 3. The highest BCUT2D eigenvalue weighted by atomic mass is 16.5. The number of rotatable bonds is 4. The molecule has 3 aromatic carbocycles. The van der Waals surface area contributed by atoms with E-state index in [1.807, 2.05) is 67.0 Å². The molecular weight excluding hydrogens is 430 g/mol. The van der Waals surface area contributed by atoms with Crippen molar-refractivity contribution in [3.05, 3.63) is 125 Å². The molecule has 2 aliphatic carbocycles. The van der Waals surface area contributed by atoms with E-state index in [9.17, 15) is 4.79 Å². The molecule has 1 unspecified atom stereocenters. The smallest absolute Gasteiger partial charge is 0.177 e. The van der Waals surface area contributed by atoms with Crippen molar-refractivity contribution in [3.63, 3.8) is 0 Å². The number of ketones is 1. The molecule has 3 heteroatoms. The van der Waals surface area contributed by atoms with Crippen LogP contribution in [0.3, 0.4) is 0 Å². The van der Waals surface area contributed by atoms with Gasteiger partial charge in [-0.2, -0.15) is 0 Å². The maximum atomic E-state index is 12.8. The molecule has 0 aromatic heterocycles. The summed E-state index contributed by atoms with van der Waals surface area (Å²) in [7, 11) is 0. The minimum atomic E-state index is -0.0757. The molecule has 1 atom stereocenters. The summed E-state index contributed by atoms with van der Waals surface area (Å²) in [6.45, 7) is 0.127. The van der Waals surface area contributed by atoms with E-state index in [4.69, 9.17) is 4.74 Å². The Morgan fingerprint density at radius 2 is 1.57 bits per heavy atom. The number of hydrogen-bond acceptors (Lipinski definition) is 3. The number of nitrogens with one attached hydrogen (secondary N) is 1. The average Bonchev–Trinajstić information content (AvgIpc) is 3.25. The van der Waals surface area contributed by atoms with Crippen molar-refractivity contribution in [2.45, 2.75) is 19.3 Å². The van der Waals surface area contributed by atoms with Gasteiger partial charge in [-0.25, -0.2) is 0 Å². The van der Waals surface area contributed by atoms with Crippen LogP contribution in [0.25, 0.3) is 23.3 Å². The van der Waals surface area contributed by atoms with Crippen LogP contribution in [-0.4, -0.2) is 12.4 Å². The first kappa shape index (κ1) is 22.7. The van der Waals surface area contributed by atoms with Crippen molar-refractivity contribution in [2.24, 2.45) is 5.92 Å². The van der Waals surface area contributed by atoms with Crippen LogP contribution < -0.4 is 20.5 Å². The Morgan fingerprint density at radius 3 is 2.40 bits per heavy atom. The number of aryl methyl sites for hydroxylation is 1. The van der Waals surface area contributed by atoms with E-state index in [0.717, 1.165) is 25.0 Å². The number of carbonyl (C=O) groups excluding carboxylic acids is 1. The molecule has 0 spiro atoms. The first-order valence-corrected chi connectivity index (χ1v) is 12.2. The molecule has 0 radical (unpaired) electrons. The van der Waals surface area contributed by atoms with Crippen molar-refractivity contribution in [2.75, 3.05) is 6.61 Å². The second kappa shape index (κ2) is 10.9. The highest BCUT2D eigenvalue weighted by Crippen LogP contribution is 2.25. The average molecular weight is 460 g/mol. The molecule has 1 heterocycles. The molecule has 1 N–H and O–H groups in total. The van der Waals surface area contributed by atoms with E-state index in [1.54, 1.807) is 0 Å². The number of carbonyl (C=O) groups is 1. The lowest BCUT2D eigenvalue weighted by molar-refractivity contribution is -0.123. The molecule has 0 amide bonds. The summed E-state index contributed by atoms with van der Waals surface area (Å²) in [5.41, 5.74) is 5.32. The van der Waals surface area contributed by atoms with E-state index in [1.165, 1.54) is 32.7 Å². The molecule has 1 aliphatic heterocycles. The third kappa shape index (κ3) is 5.36. The van der Waals surface area contributed by atoms with Crippen LogP contribution in [0.5, 0.6) is 5.75 Å². The fourth-order valence-electron chi connectivity index (χ4n) is 4.76. The van der Waals surface area contributed by atoms with E-state index >= 15 is 0 Å². The first-order chi connectivity index (χ1) is 17.3. The highest BCUT2D eigenvalue weighted by molar-refractivity contribution is 5.88. The molecule has 3 nitrogen and oxygen atoms in total. The first-order valence-electron chi connectivity index (χ1n) is 12.2. The van der Waals surface area contributed by atoms with Gasteiger partial charge in [-0.05, 0) is 76.2 Å². The molecule has 3 aliphatic rings. The van der Waals surface area contributed by atoms with Gasteiger partial charge < -0.3 is 10.1 Å². The maximum absolute atomic E-state index is 12.8. The highest BCUT2D eigenvalue weighted by Gasteiger charge is 2.22. The zero-order valence-corrected chi connectivity index (χ0v) is 19.7. The molecule has 0 fully saturated rings. The van der Waals surface area contributed by atoms with E-state index in [2.05, 4.69) is 53.9 Å². The number of hydrogen-bond donors (Lipinski definition) is 1. The zero-order chi connectivity index (χ0) is 23.9. The van der Waals surface area contributed by atoms with Gasteiger partial charge in [-0.1, -0.05) is 78.9 Å². The van der Waals surface area contributed by atoms with Crippen molar-refractivity contribution in [1.29, 1.82) is 0 Å². The van der Waals surface area contributed by atoms with Crippen LogP contribution in [-0.2, 0) is 17.6 Å². The summed E-state index contributed by atoms with van der Waals surface area (Å²) >= 11 is 0. The normalized spacial score (nSPS) is 16.5. The molecule has 0 saturated heterocycles. The predicted octanol–water partition coefficient (Wildman–Crippen LogP) is 4.85. The van der Waals surface area contributed by atoms with E-state index in [-0.39, 0.29) is 18.3 Å². The fourth-order valence-corrected chi connectivity index (χ4v) is 4.76. The van der Waals surface area contributed by atoms with Gasteiger partial charge in [0.2, 0.25) is 0 Å². The molecule has 6 rings (SSSR count). The van der Waals surface area contributed by atoms with Gasteiger partial charge >= 0.3 is 0 Å². The van der Waals surface area contributed by atoms with Gasteiger partial charge in [0.05, 0.1) is 0 Å². The maximum Gasteiger partial charge on any atom is 0.177 e. The van der Waals surface area contributed by atoms with Gasteiger partial charge in [0.1, 0.15) is 12.4 Å². The predicted molar refractivity (Wildman–Crippen MR) is 143 cm³/mol. The number of para-hydroxylation sites is 1. The summed E-state index contributed by atoms with van der Waals surface area (Å²) in [6.07, 6.45) is 18.8. The quantitative estimate of drug-likeness (QED) is 0.606. The SMILES string of the molecule is C1=CC=CNC=C1.O=C(COc1ccccc1)C1C=c2c(ccc3c2=CCc2ccccc2-3)CC1. The molecule has 3 aromatic rings. The Hall–Kier alpha value is -4.11. The minimum absolute atomic E-state index is 0.0757. The van der Waals surface area contributed by atoms with Crippen LogP contribution in [0.1, 0.15) is 17.5 Å². The van der Waals surface area contributed by atoms with E-state index in [0.29, 0.717) is 0 Å². The van der Waals surface area contributed by atoms with Crippen molar-refractivity contribution in [3.8, 4) is 16.9 Å². The van der Waals surface area contributed by atoms with Crippen molar-refractivity contribution >= 4 is 17.9 Å². The molecule has 0 bridgehead atoms. The Labute approximate surface area is 206 Å². The topological polar surface area (TPSA) is 38.3 Å². The summed E-state index contributed by atoms with van der Waals surface area (Å²) in [4.78, 5) is 12.8. The molecule has 174 valence electrons. The van der Waals surface area contributed by atoms with Gasteiger partial charge in [-0.15, -0.1) is 0 Å². The number of Topliss-reactive ketones (excluding diaryl/α,β-unsaturated/α-hetero) is 1. The second-order valence-corrected chi connectivity index (χ2v) is 8.81. The summed E-state index contributed by atoms with van der Waals surface area (Å²) < 4.78 is 5.69. The lowest BCUT2D eigenvalue weighted by atomic mass is 9.83. The van der Waals surface area contributed by atoms with Crippen molar-refractivity contribution < 1.29 is 9.53 Å². The molecule has 35 heavy (non-hydrogen) atoms. The lowest BCUT2D eigenvalue weighted by Crippen LogP contribution is -2.37. The second-order valence-electron chi connectivity index (χ2n) is 8.81. The molecule has 0 saturated carbocycles. The summed E-state index contributed by atoms with van der Waals surface area (Å²) in [5, 5.41) is 5.46. The lowest BCUT2D eigenvalue weighted by Gasteiger charge is -2.21.